The van der Waals surface area contributed by atoms with Crippen LogP contribution in [0, 0.1) is 0 Å². The zero-order valence-corrected chi connectivity index (χ0v) is 10.2. The Balaban J connectivity index is 2.03. The van der Waals surface area contributed by atoms with E-state index in [4.69, 9.17) is 11.6 Å². The van der Waals surface area contributed by atoms with Crippen LogP contribution >= 0.6 is 11.6 Å². The molecule has 0 saturated carbocycles. The number of phenolic OH excluding ortho intramolecular Hbond substituents is 1. The second kappa shape index (κ2) is 5.51. The van der Waals surface area contributed by atoms with Crippen LogP contribution in [0.15, 0.2) is 42.6 Å². The molecule has 0 spiro atoms. The fourth-order valence-corrected chi connectivity index (χ4v) is 1.69. The van der Waals surface area contributed by atoms with Crippen LogP contribution in [0.1, 0.15) is 5.56 Å². The summed E-state index contributed by atoms with van der Waals surface area (Å²) in [6.45, 7) is 0. The molecular weight excluding hydrogens is 252 g/mol. The van der Waals surface area contributed by atoms with Crippen LogP contribution in [-0.4, -0.2) is 16.0 Å². The van der Waals surface area contributed by atoms with E-state index in [0.29, 0.717) is 16.4 Å². The maximum absolute atomic E-state index is 11.8. The van der Waals surface area contributed by atoms with Crippen LogP contribution in [0.5, 0.6) is 5.75 Å². The minimum absolute atomic E-state index is 0.104. The summed E-state index contributed by atoms with van der Waals surface area (Å²) in [6, 6.07) is 9.93. The third-order valence-electron chi connectivity index (χ3n) is 2.35. The summed E-state index contributed by atoms with van der Waals surface area (Å²) in [6.07, 6.45) is 1.62. The van der Waals surface area contributed by atoms with Crippen molar-refractivity contribution in [1.29, 1.82) is 0 Å². The second-order valence-electron chi connectivity index (χ2n) is 3.72. The molecule has 0 aliphatic rings. The molecular formula is C13H11ClN2O2. The number of benzene rings is 1. The fraction of sp³-hybridized carbons (Fsp3) is 0.0769. The van der Waals surface area contributed by atoms with Gasteiger partial charge in [0.25, 0.3) is 0 Å². The Morgan fingerprint density at radius 2 is 2.11 bits per heavy atom. The highest BCUT2D eigenvalue weighted by molar-refractivity contribution is 6.29. The van der Waals surface area contributed by atoms with E-state index >= 15 is 0 Å². The lowest BCUT2D eigenvalue weighted by Crippen LogP contribution is -2.14. The zero-order chi connectivity index (χ0) is 13.0. The van der Waals surface area contributed by atoms with E-state index in [2.05, 4.69) is 10.3 Å². The van der Waals surface area contributed by atoms with Gasteiger partial charge in [0, 0.05) is 17.4 Å². The molecule has 1 amide bonds. The summed E-state index contributed by atoms with van der Waals surface area (Å²) in [7, 11) is 0. The molecule has 92 valence electrons. The number of amides is 1. The number of carbonyl (C=O) groups excluding carboxylic acids is 1. The lowest BCUT2D eigenvalue weighted by molar-refractivity contribution is -0.115. The van der Waals surface area contributed by atoms with Crippen molar-refractivity contribution in [3.63, 3.8) is 0 Å². The molecule has 2 aromatic rings. The number of aromatic hydroxyl groups is 1. The highest BCUT2D eigenvalue weighted by Gasteiger charge is 2.07. The summed E-state index contributed by atoms with van der Waals surface area (Å²) in [5, 5.41) is 12.6. The first kappa shape index (κ1) is 12.4. The number of hydrogen-bond acceptors (Lipinski definition) is 3. The molecule has 0 unspecified atom stereocenters. The predicted octanol–water partition coefficient (Wildman–Crippen LogP) is 2.62. The number of nitrogens with one attached hydrogen (secondary N) is 1. The van der Waals surface area contributed by atoms with Gasteiger partial charge in [-0.2, -0.15) is 0 Å². The molecule has 0 aliphatic carbocycles. The average Bonchev–Trinajstić information content (AvgIpc) is 2.32. The largest absolute Gasteiger partial charge is 0.508 e. The maximum Gasteiger partial charge on any atom is 0.228 e. The van der Waals surface area contributed by atoms with Gasteiger partial charge in [0.2, 0.25) is 5.91 Å². The molecule has 0 bridgehead atoms. The van der Waals surface area contributed by atoms with Gasteiger partial charge < -0.3 is 10.4 Å². The Labute approximate surface area is 109 Å². The molecule has 0 radical (unpaired) electrons. The van der Waals surface area contributed by atoms with Gasteiger partial charge in [0.1, 0.15) is 10.9 Å². The summed E-state index contributed by atoms with van der Waals surface area (Å²) in [5.41, 5.74) is 1.16. The average molecular weight is 263 g/mol. The summed E-state index contributed by atoms with van der Waals surface area (Å²) in [5.74, 6) is -0.112. The molecule has 18 heavy (non-hydrogen) atoms. The SMILES string of the molecule is O=C(Cc1ccccc1O)Nc1ccnc(Cl)c1. The summed E-state index contributed by atoms with van der Waals surface area (Å²) >= 11 is 5.71. The van der Waals surface area contributed by atoms with Gasteiger partial charge in [-0.25, -0.2) is 4.98 Å². The Morgan fingerprint density at radius 3 is 2.83 bits per heavy atom. The van der Waals surface area contributed by atoms with Crippen LogP contribution in [0.2, 0.25) is 5.15 Å². The van der Waals surface area contributed by atoms with Gasteiger partial charge in [0.05, 0.1) is 6.42 Å². The number of phenols is 1. The van der Waals surface area contributed by atoms with E-state index in [9.17, 15) is 9.90 Å². The van der Waals surface area contributed by atoms with E-state index in [1.807, 2.05) is 0 Å². The molecule has 0 saturated heterocycles. The maximum atomic E-state index is 11.8. The molecule has 0 atom stereocenters. The molecule has 0 fully saturated rings. The molecule has 1 heterocycles. The van der Waals surface area contributed by atoms with Gasteiger partial charge in [-0.15, -0.1) is 0 Å². The Bertz CT molecular complexity index is 572. The van der Waals surface area contributed by atoms with Crippen molar-refractivity contribution in [2.45, 2.75) is 6.42 Å². The number of carbonyl (C=O) groups is 1. The van der Waals surface area contributed by atoms with Gasteiger partial charge in [-0.3, -0.25) is 4.79 Å². The summed E-state index contributed by atoms with van der Waals surface area (Å²) in [4.78, 5) is 15.6. The number of anilines is 1. The first-order valence-corrected chi connectivity index (χ1v) is 5.71. The monoisotopic (exact) mass is 262 g/mol. The molecule has 4 nitrogen and oxygen atoms in total. The first-order valence-electron chi connectivity index (χ1n) is 5.33. The van der Waals surface area contributed by atoms with Crippen molar-refractivity contribution in [3.8, 4) is 5.75 Å². The Morgan fingerprint density at radius 1 is 1.33 bits per heavy atom. The van der Waals surface area contributed by atoms with Crippen LogP contribution in [0.4, 0.5) is 5.69 Å². The van der Waals surface area contributed by atoms with Crippen LogP contribution < -0.4 is 5.32 Å². The third kappa shape index (κ3) is 3.21. The minimum Gasteiger partial charge on any atom is -0.508 e. The van der Waals surface area contributed by atoms with Crippen molar-refractivity contribution < 1.29 is 9.90 Å². The topological polar surface area (TPSA) is 62.2 Å². The van der Waals surface area contributed by atoms with Crippen LogP contribution in [0.25, 0.3) is 0 Å². The first-order chi connectivity index (χ1) is 8.65. The molecule has 2 N–H and O–H groups in total. The number of para-hydroxylation sites is 1. The molecule has 1 aromatic carbocycles. The Kier molecular flexibility index (Phi) is 3.79. The van der Waals surface area contributed by atoms with Crippen molar-refractivity contribution >= 4 is 23.2 Å². The quantitative estimate of drug-likeness (QED) is 0.836. The highest BCUT2D eigenvalue weighted by Crippen LogP contribution is 2.17. The minimum atomic E-state index is -0.223. The van der Waals surface area contributed by atoms with Gasteiger partial charge >= 0.3 is 0 Å². The lowest BCUT2D eigenvalue weighted by atomic mass is 10.1. The second-order valence-corrected chi connectivity index (χ2v) is 4.11. The molecule has 1 aromatic heterocycles. The van der Waals surface area contributed by atoms with Crippen molar-refractivity contribution in [2.75, 3.05) is 5.32 Å². The van der Waals surface area contributed by atoms with E-state index in [-0.39, 0.29) is 18.1 Å². The van der Waals surface area contributed by atoms with E-state index in [1.165, 1.54) is 6.20 Å². The number of halogens is 1. The van der Waals surface area contributed by atoms with E-state index in [1.54, 1.807) is 36.4 Å². The van der Waals surface area contributed by atoms with Crippen molar-refractivity contribution in [2.24, 2.45) is 0 Å². The van der Waals surface area contributed by atoms with Gasteiger partial charge in [0.15, 0.2) is 0 Å². The smallest absolute Gasteiger partial charge is 0.228 e. The standard InChI is InChI=1S/C13H11ClN2O2/c14-12-8-10(5-6-15-12)16-13(18)7-9-3-1-2-4-11(9)17/h1-6,8,17H,7H2,(H,15,16,18). The number of nitrogens with zero attached hydrogens (tertiary/aromatic N) is 1. The van der Waals surface area contributed by atoms with Crippen molar-refractivity contribution in [1.82, 2.24) is 4.98 Å². The summed E-state index contributed by atoms with van der Waals surface area (Å²) < 4.78 is 0. The molecule has 5 heteroatoms. The van der Waals surface area contributed by atoms with Gasteiger partial charge in [-0.1, -0.05) is 29.8 Å². The molecule has 0 aliphatic heterocycles. The Hall–Kier alpha value is -2.07. The van der Waals surface area contributed by atoms with Gasteiger partial charge in [-0.05, 0) is 18.2 Å². The number of rotatable bonds is 3. The van der Waals surface area contributed by atoms with Crippen LogP contribution in [-0.2, 0) is 11.2 Å². The number of hydrogen-bond donors (Lipinski definition) is 2. The van der Waals surface area contributed by atoms with Crippen molar-refractivity contribution in [3.05, 3.63) is 53.3 Å². The van der Waals surface area contributed by atoms with E-state index in [0.717, 1.165) is 0 Å². The number of pyridine rings is 1. The lowest BCUT2D eigenvalue weighted by Gasteiger charge is -2.06. The van der Waals surface area contributed by atoms with E-state index < -0.39 is 0 Å². The zero-order valence-electron chi connectivity index (χ0n) is 9.43. The fourth-order valence-electron chi connectivity index (χ4n) is 1.52. The third-order valence-corrected chi connectivity index (χ3v) is 2.56. The number of aromatic nitrogens is 1. The molecule has 2 rings (SSSR count). The highest BCUT2D eigenvalue weighted by atomic mass is 35.5. The normalized spacial score (nSPS) is 10.1. The predicted molar refractivity (Wildman–Crippen MR) is 69.7 cm³/mol. The van der Waals surface area contributed by atoms with Crippen LogP contribution in [0.3, 0.4) is 0 Å².